The molecule has 0 spiro atoms. The first kappa shape index (κ1) is 19.5. The van der Waals surface area contributed by atoms with Gasteiger partial charge in [-0.25, -0.2) is 0 Å². The van der Waals surface area contributed by atoms with E-state index in [4.69, 9.17) is 11.6 Å². The van der Waals surface area contributed by atoms with E-state index in [2.05, 4.69) is 15.5 Å². The number of hydrogen-bond donors (Lipinski definition) is 1. The highest BCUT2D eigenvalue weighted by molar-refractivity contribution is 6.32. The van der Waals surface area contributed by atoms with Crippen molar-refractivity contribution in [3.8, 4) is 0 Å². The molecule has 0 heterocycles. The Labute approximate surface area is 169 Å². The summed E-state index contributed by atoms with van der Waals surface area (Å²) in [5.74, 6) is -0.228. The van der Waals surface area contributed by atoms with Crippen LogP contribution in [0.15, 0.2) is 83.0 Å². The number of azo groups is 1. The van der Waals surface area contributed by atoms with Crippen LogP contribution in [0.25, 0.3) is 6.08 Å². The highest BCUT2D eigenvalue weighted by atomic mass is 35.5. The summed E-state index contributed by atoms with van der Waals surface area (Å²) in [4.78, 5) is 12.2. The van der Waals surface area contributed by atoms with Crippen LogP contribution in [0.1, 0.15) is 16.7 Å². The van der Waals surface area contributed by atoms with Crippen molar-refractivity contribution in [2.24, 2.45) is 10.2 Å². The molecule has 0 aliphatic carbocycles. The van der Waals surface area contributed by atoms with Gasteiger partial charge in [0.2, 0.25) is 5.91 Å². The minimum absolute atomic E-state index is 0.228. The average molecular weight is 390 g/mol. The molecule has 0 atom stereocenters. The van der Waals surface area contributed by atoms with E-state index in [0.29, 0.717) is 10.7 Å². The Kier molecular flexibility index (Phi) is 6.35. The van der Waals surface area contributed by atoms with Crippen LogP contribution >= 0.6 is 11.6 Å². The molecule has 0 bridgehead atoms. The summed E-state index contributed by atoms with van der Waals surface area (Å²) >= 11 is 6.09. The molecule has 0 aromatic heterocycles. The molecule has 0 saturated heterocycles. The first-order chi connectivity index (χ1) is 13.5. The van der Waals surface area contributed by atoms with Gasteiger partial charge in [-0.3, -0.25) is 4.79 Å². The number of anilines is 1. The quantitative estimate of drug-likeness (QED) is 0.369. The van der Waals surface area contributed by atoms with Gasteiger partial charge >= 0.3 is 0 Å². The van der Waals surface area contributed by atoms with Gasteiger partial charge < -0.3 is 5.32 Å². The van der Waals surface area contributed by atoms with Crippen LogP contribution in [-0.4, -0.2) is 5.91 Å². The lowest BCUT2D eigenvalue weighted by Crippen LogP contribution is -2.07. The highest BCUT2D eigenvalue weighted by Crippen LogP contribution is 2.26. The van der Waals surface area contributed by atoms with Crippen LogP contribution in [-0.2, 0) is 4.79 Å². The number of aryl methyl sites for hydroxylation is 2. The Morgan fingerprint density at radius 3 is 2.29 bits per heavy atom. The lowest BCUT2D eigenvalue weighted by molar-refractivity contribution is -0.111. The molecular weight excluding hydrogens is 370 g/mol. The molecule has 0 radical (unpaired) electrons. The predicted octanol–water partition coefficient (Wildman–Crippen LogP) is 7.02. The third-order valence-corrected chi connectivity index (χ3v) is 4.51. The van der Waals surface area contributed by atoms with Crippen LogP contribution < -0.4 is 5.32 Å². The molecule has 5 heteroatoms. The first-order valence-corrected chi connectivity index (χ1v) is 9.22. The van der Waals surface area contributed by atoms with Crippen LogP contribution in [0.4, 0.5) is 17.1 Å². The van der Waals surface area contributed by atoms with Crippen molar-refractivity contribution in [1.29, 1.82) is 0 Å². The molecule has 0 aliphatic heterocycles. The van der Waals surface area contributed by atoms with Crippen LogP contribution in [0, 0.1) is 13.8 Å². The molecule has 0 aliphatic rings. The molecule has 3 rings (SSSR count). The van der Waals surface area contributed by atoms with Gasteiger partial charge in [-0.05, 0) is 66.9 Å². The second-order valence-corrected chi connectivity index (χ2v) is 6.74. The SMILES string of the molecule is Cc1ccccc1N=Nc1ccc(NC(=O)C=Cc2ccccc2Cl)cc1C. The number of halogens is 1. The number of hydrogen-bond acceptors (Lipinski definition) is 3. The maximum Gasteiger partial charge on any atom is 0.248 e. The summed E-state index contributed by atoms with van der Waals surface area (Å²) in [6.07, 6.45) is 3.15. The largest absolute Gasteiger partial charge is 0.323 e. The van der Waals surface area contributed by atoms with Crippen molar-refractivity contribution in [3.05, 3.63) is 94.5 Å². The van der Waals surface area contributed by atoms with Gasteiger partial charge in [0.15, 0.2) is 0 Å². The zero-order chi connectivity index (χ0) is 19.9. The van der Waals surface area contributed by atoms with Gasteiger partial charge in [0, 0.05) is 16.8 Å². The summed E-state index contributed by atoms with van der Waals surface area (Å²) in [5.41, 5.74) is 5.07. The van der Waals surface area contributed by atoms with Crippen molar-refractivity contribution in [2.45, 2.75) is 13.8 Å². The number of amides is 1. The van der Waals surface area contributed by atoms with Crippen molar-refractivity contribution in [1.82, 2.24) is 0 Å². The van der Waals surface area contributed by atoms with Gasteiger partial charge in [0.25, 0.3) is 0 Å². The van der Waals surface area contributed by atoms with E-state index in [1.807, 2.05) is 68.4 Å². The third-order valence-electron chi connectivity index (χ3n) is 4.16. The van der Waals surface area contributed by atoms with Gasteiger partial charge in [-0.2, -0.15) is 10.2 Å². The van der Waals surface area contributed by atoms with E-state index in [1.165, 1.54) is 6.08 Å². The van der Waals surface area contributed by atoms with E-state index < -0.39 is 0 Å². The molecule has 1 amide bonds. The second kappa shape index (κ2) is 9.11. The molecule has 1 N–H and O–H groups in total. The van der Waals surface area contributed by atoms with Gasteiger partial charge in [-0.1, -0.05) is 48.0 Å². The van der Waals surface area contributed by atoms with Crippen molar-refractivity contribution in [3.63, 3.8) is 0 Å². The van der Waals surface area contributed by atoms with Crippen molar-refractivity contribution < 1.29 is 4.79 Å². The Morgan fingerprint density at radius 2 is 1.57 bits per heavy atom. The highest BCUT2D eigenvalue weighted by Gasteiger charge is 2.03. The fraction of sp³-hybridized carbons (Fsp3) is 0.0870. The number of benzene rings is 3. The smallest absolute Gasteiger partial charge is 0.248 e. The minimum Gasteiger partial charge on any atom is -0.323 e. The summed E-state index contributed by atoms with van der Waals surface area (Å²) in [6, 6.07) is 20.7. The fourth-order valence-electron chi connectivity index (χ4n) is 2.59. The van der Waals surface area contributed by atoms with E-state index in [9.17, 15) is 4.79 Å². The van der Waals surface area contributed by atoms with E-state index in [1.54, 1.807) is 18.2 Å². The number of nitrogens with one attached hydrogen (secondary N) is 1. The molecule has 0 saturated carbocycles. The topological polar surface area (TPSA) is 53.8 Å². The number of carbonyl (C=O) groups excluding carboxylic acids is 1. The molecule has 28 heavy (non-hydrogen) atoms. The molecule has 4 nitrogen and oxygen atoms in total. The lowest BCUT2D eigenvalue weighted by atomic mass is 10.2. The Morgan fingerprint density at radius 1 is 0.893 bits per heavy atom. The van der Waals surface area contributed by atoms with E-state index in [-0.39, 0.29) is 5.91 Å². The normalized spacial score (nSPS) is 11.2. The molecule has 140 valence electrons. The number of nitrogens with zero attached hydrogens (tertiary/aromatic N) is 2. The summed E-state index contributed by atoms with van der Waals surface area (Å²) in [7, 11) is 0. The maximum absolute atomic E-state index is 12.2. The minimum atomic E-state index is -0.228. The second-order valence-electron chi connectivity index (χ2n) is 6.33. The van der Waals surface area contributed by atoms with Crippen molar-refractivity contribution >= 4 is 40.6 Å². The fourth-order valence-corrected chi connectivity index (χ4v) is 2.79. The standard InChI is InChI=1S/C23H20ClN3O/c1-16-7-3-6-10-21(16)26-27-22-13-12-19(15-17(22)2)25-23(28)14-11-18-8-4-5-9-20(18)24/h3-15H,1-2H3,(H,25,28). The maximum atomic E-state index is 12.2. The third kappa shape index (κ3) is 5.15. The monoisotopic (exact) mass is 389 g/mol. The van der Waals surface area contributed by atoms with E-state index >= 15 is 0 Å². The molecule has 3 aromatic rings. The first-order valence-electron chi connectivity index (χ1n) is 8.84. The molecule has 0 fully saturated rings. The number of rotatable bonds is 5. The van der Waals surface area contributed by atoms with Gasteiger partial charge in [0.05, 0.1) is 11.4 Å². The Bertz CT molecular complexity index is 1060. The molecule has 3 aromatic carbocycles. The summed E-state index contributed by atoms with van der Waals surface area (Å²) in [5, 5.41) is 12.1. The zero-order valence-electron chi connectivity index (χ0n) is 15.7. The van der Waals surface area contributed by atoms with Crippen LogP contribution in [0.2, 0.25) is 5.02 Å². The summed E-state index contributed by atoms with van der Waals surface area (Å²) < 4.78 is 0. The van der Waals surface area contributed by atoms with E-state index in [0.717, 1.165) is 28.1 Å². The average Bonchev–Trinajstić information content (AvgIpc) is 2.68. The number of carbonyl (C=O) groups is 1. The Hall–Kier alpha value is -3.24. The van der Waals surface area contributed by atoms with Gasteiger partial charge in [0.1, 0.15) is 0 Å². The summed E-state index contributed by atoms with van der Waals surface area (Å²) in [6.45, 7) is 3.93. The van der Waals surface area contributed by atoms with Crippen LogP contribution in [0.3, 0.4) is 0 Å². The lowest BCUT2D eigenvalue weighted by Gasteiger charge is -2.06. The van der Waals surface area contributed by atoms with Gasteiger partial charge in [-0.15, -0.1) is 0 Å². The zero-order valence-corrected chi connectivity index (χ0v) is 16.4. The molecular formula is C23H20ClN3O. The van der Waals surface area contributed by atoms with Crippen molar-refractivity contribution in [2.75, 3.05) is 5.32 Å². The molecule has 0 unspecified atom stereocenters. The Balaban J connectivity index is 1.68. The predicted molar refractivity (Wildman–Crippen MR) is 116 cm³/mol. The van der Waals surface area contributed by atoms with Crippen LogP contribution in [0.5, 0.6) is 0 Å².